The number of hydrogen-bond acceptors (Lipinski definition) is 4. The second-order valence-corrected chi connectivity index (χ2v) is 4.11. The van der Waals surface area contributed by atoms with Crippen LogP contribution in [0.5, 0.6) is 0 Å². The summed E-state index contributed by atoms with van der Waals surface area (Å²) in [6.07, 6.45) is 0.846. The molecule has 0 bridgehead atoms. The summed E-state index contributed by atoms with van der Waals surface area (Å²) in [5.74, 6) is -0.213. The third-order valence-corrected chi connectivity index (χ3v) is 2.45. The zero-order valence-corrected chi connectivity index (χ0v) is 12.0. The number of rotatable bonds is 5. The normalized spacial score (nSPS) is 9.42. The van der Waals surface area contributed by atoms with Crippen molar-refractivity contribution >= 4 is 29.7 Å². The molecule has 0 radical (unpaired) electrons. The molecule has 0 aliphatic heterocycles. The number of anilines is 1. The van der Waals surface area contributed by atoms with Crippen LogP contribution in [0, 0.1) is 10.1 Å². The maximum Gasteiger partial charge on any atom is 0.292 e. The Hall–Kier alpha value is -1.82. The van der Waals surface area contributed by atoms with E-state index < -0.39 is 4.92 Å². The van der Waals surface area contributed by atoms with Crippen molar-refractivity contribution < 1.29 is 9.72 Å². The Balaban J connectivity index is 0.00000324. The molecule has 1 rings (SSSR count). The third kappa shape index (κ3) is 4.40. The zero-order valence-electron chi connectivity index (χ0n) is 11.2. The molecule has 0 heterocycles. The Morgan fingerprint density at radius 3 is 2.53 bits per heavy atom. The monoisotopic (exact) mass is 287 g/mol. The van der Waals surface area contributed by atoms with Gasteiger partial charge in [0.05, 0.1) is 4.92 Å². The standard InChI is InChI=1S/C12H17N3O3.ClH/c1-4-7-13-12(16)9-5-6-10(15(17)18)11(8-9)14(2)3;/h5-6,8H,4,7H2,1-3H3,(H,13,16);1H. The zero-order chi connectivity index (χ0) is 13.7. The van der Waals surface area contributed by atoms with E-state index in [0.29, 0.717) is 17.8 Å². The highest BCUT2D eigenvalue weighted by molar-refractivity contribution is 5.95. The molecular formula is C12H18ClN3O3. The lowest BCUT2D eigenvalue weighted by atomic mass is 10.1. The minimum Gasteiger partial charge on any atom is -0.372 e. The van der Waals surface area contributed by atoms with E-state index in [0.717, 1.165) is 6.42 Å². The lowest BCUT2D eigenvalue weighted by molar-refractivity contribution is -0.384. The molecule has 1 N–H and O–H groups in total. The fourth-order valence-electron chi connectivity index (χ4n) is 1.52. The van der Waals surface area contributed by atoms with Crippen LogP contribution in [0.1, 0.15) is 23.7 Å². The largest absolute Gasteiger partial charge is 0.372 e. The minimum absolute atomic E-state index is 0. The summed E-state index contributed by atoms with van der Waals surface area (Å²) in [4.78, 5) is 23.8. The molecule has 0 saturated carbocycles. The Morgan fingerprint density at radius 1 is 1.42 bits per heavy atom. The predicted octanol–water partition coefficient (Wildman–Crippen LogP) is 2.22. The molecule has 0 unspecified atom stereocenters. The van der Waals surface area contributed by atoms with Crippen LogP contribution in [0.4, 0.5) is 11.4 Å². The lowest BCUT2D eigenvalue weighted by Gasteiger charge is -2.14. The van der Waals surface area contributed by atoms with Crippen LogP contribution in [0.25, 0.3) is 0 Å². The summed E-state index contributed by atoms with van der Waals surface area (Å²) in [5, 5.41) is 13.6. The summed E-state index contributed by atoms with van der Waals surface area (Å²) >= 11 is 0. The number of halogens is 1. The van der Waals surface area contributed by atoms with Crippen LogP contribution in [0.15, 0.2) is 18.2 Å². The molecule has 19 heavy (non-hydrogen) atoms. The summed E-state index contributed by atoms with van der Waals surface area (Å²) in [6.45, 7) is 2.55. The van der Waals surface area contributed by atoms with Gasteiger partial charge in [-0.3, -0.25) is 14.9 Å². The van der Waals surface area contributed by atoms with E-state index in [1.807, 2.05) is 6.92 Å². The van der Waals surface area contributed by atoms with Crippen molar-refractivity contribution in [3.05, 3.63) is 33.9 Å². The SMILES string of the molecule is CCCNC(=O)c1ccc([N+](=O)[O-])c(N(C)C)c1.Cl. The van der Waals surface area contributed by atoms with Crippen LogP contribution < -0.4 is 10.2 Å². The van der Waals surface area contributed by atoms with E-state index in [1.165, 1.54) is 18.2 Å². The molecule has 1 aromatic rings. The molecular weight excluding hydrogens is 270 g/mol. The number of nitro groups is 1. The van der Waals surface area contributed by atoms with Crippen molar-refractivity contribution in [3.63, 3.8) is 0 Å². The van der Waals surface area contributed by atoms with Gasteiger partial charge < -0.3 is 10.2 Å². The molecule has 106 valence electrons. The van der Waals surface area contributed by atoms with E-state index in [2.05, 4.69) is 5.32 Å². The van der Waals surface area contributed by atoms with Crippen LogP contribution in [0.3, 0.4) is 0 Å². The van der Waals surface area contributed by atoms with Gasteiger partial charge in [0.1, 0.15) is 5.69 Å². The van der Waals surface area contributed by atoms with Crippen LogP contribution in [-0.4, -0.2) is 31.5 Å². The van der Waals surface area contributed by atoms with Crippen molar-refractivity contribution in [1.29, 1.82) is 0 Å². The van der Waals surface area contributed by atoms with Gasteiger partial charge in [-0.15, -0.1) is 12.4 Å². The van der Waals surface area contributed by atoms with Crippen LogP contribution in [0.2, 0.25) is 0 Å². The minimum atomic E-state index is -0.455. The van der Waals surface area contributed by atoms with Gasteiger partial charge in [0.2, 0.25) is 0 Å². The molecule has 0 saturated heterocycles. The number of carbonyl (C=O) groups is 1. The summed E-state index contributed by atoms with van der Waals surface area (Å²) in [7, 11) is 3.41. The van der Waals surface area contributed by atoms with Crippen molar-refractivity contribution in [2.45, 2.75) is 13.3 Å². The molecule has 0 spiro atoms. The van der Waals surface area contributed by atoms with Crippen molar-refractivity contribution in [2.24, 2.45) is 0 Å². The quantitative estimate of drug-likeness (QED) is 0.665. The van der Waals surface area contributed by atoms with Crippen LogP contribution >= 0.6 is 12.4 Å². The molecule has 7 heteroatoms. The molecule has 1 aromatic carbocycles. The molecule has 0 aliphatic rings. The number of carbonyl (C=O) groups excluding carboxylic acids is 1. The summed E-state index contributed by atoms with van der Waals surface area (Å²) in [6, 6.07) is 4.36. The second kappa shape index (κ2) is 7.58. The van der Waals surface area contributed by atoms with Gasteiger partial charge in [0.25, 0.3) is 11.6 Å². The highest BCUT2D eigenvalue weighted by Crippen LogP contribution is 2.27. The molecule has 0 aromatic heterocycles. The number of nitrogens with one attached hydrogen (secondary N) is 1. The Labute approximate surface area is 118 Å². The third-order valence-electron chi connectivity index (χ3n) is 2.45. The summed E-state index contributed by atoms with van der Waals surface area (Å²) in [5.41, 5.74) is 0.842. The molecule has 0 aliphatic carbocycles. The van der Waals surface area contributed by atoms with Gasteiger partial charge >= 0.3 is 0 Å². The van der Waals surface area contributed by atoms with Crippen molar-refractivity contribution in [3.8, 4) is 0 Å². The average molecular weight is 288 g/mol. The van der Waals surface area contributed by atoms with Gasteiger partial charge in [-0.05, 0) is 18.6 Å². The predicted molar refractivity (Wildman–Crippen MR) is 77.3 cm³/mol. The van der Waals surface area contributed by atoms with E-state index in [1.54, 1.807) is 19.0 Å². The smallest absolute Gasteiger partial charge is 0.292 e. The second-order valence-electron chi connectivity index (χ2n) is 4.11. The van der Waals surface area contributed by atoms with Crippen molar-refractivity contribution in [1.82, 2.24) is 5.32 Å². The van der Waals surface area contributed by atoms with Crippen molar-refractivity contribution in [2.75, 3.05) is 25.5 Å². The Kier molecular flexibility index (Phi) is 6.85. The lowest BCUT2D eigenvalue weighted by Crippen LogP contribution is -2.24. The molecule has 6 nitrogen and oxygen atoms in total. The highest BCUT2D eigenvalue weighted by Gasteiger charge is 2.17. The Morgan fingerprint density at radius 2 is 2.05 bits per heavy atom. The highest BCUT2D eigenvalue weighted by atomic mass is 35.5. The molecule has 0 fully saturated rings. The molecule has 1 amide bonds. The number of hydrogen-bond donors (Lipinski definition) is 1. The maximum absolute atomic E-state index is 11.8. The van der Waals surface area contributed by atoms with Gasteiger partial charge in [-0.1, -0.05) is 6.92 Å². The van der Waals surface area contributed by atoms with Crippen LogP contribution in [-0.2, 0) is 0 Å². The van der Waals surface area contributed by atoms with E-state index >= 15 is 0 Å². The first-order valence-corrected chi connectivity index (χ1v) is 5.71. The van der Waals surface area contributed by atoms with Gasteiger partial charge in [-0.25, -0.2) is 0 Å². The van der Waals surface area contributed by atoms with Gasteiger partial charge in [0, 0.05) is 32.3 Å². The van der Waals surface area contributed by atoms with E-state index in [-0.39, 0.29) is 24.0 Å². The summed E-state index contributed by atoms with van der Waals surface area (Å²) < 4.78 is 0. The first-order valence-electron chi connectivity index (χ1n) is 5.71. The number of nitro benzene ring substituents is 1. The fourth-order valence-corrected chi connectivity index (χ4v) is 1.52. The van der Waals surface area contributed by atoms with E-state index in [4.69, 9.17) is 0 Å². The number of amides is 1. The first-order chi connectivity index (χ1) is 8.47. The average Bonchev–Trinajstić information content (AvgIpc) is 2.34. The molecule has 0 atom stereocenters. The van der Waals surface area contributed by atoms with Gasteiger partial charge in [0.15, 0.2) is 0 Å². The van der Waals surface area contributed by atoms with Gasteiger partial charge in [-0.2, -0.15) is 0 Å². The topological polar surface area (TPSA) is 75.5 Å². The first kappa shape index (κ1) is 17.2. The van der Waals surface area contributed by atoms with E-state index in [9.17, 15) is 14.9 Å². The Bertz CT molecular complexity index is 464. The number of benzene rings is 1. The maximum atomic E-state index is 11.8. The fraction of sp³-hybridized carbons (Fsp3) is 0.417. The number of nitrogens with zero attached hydrogens (tertiary/aromatic N) is 2.